The van der Waals surface area contributed by atoms with Gasteiger partial charge < -0.3 is 9.16 Å². The van der Waals surface area contributed by atoms with Crippen LogP contribution in [0.5, 0.6) is 0 Å². The second kappa shape index (κ2) is 4.40. The Hall–Kier alpha value is -0.123. The molecule has 0 spiro atoms. The summed E-state index contributed by atoms with van der Waals surface area (Å²) in [6.07, 6.45) is 1.44. The monoisotopic (exact) mass is 202 g/mol. The van der Waals surface area contributed by atoms with Gasteiger partial charge in [0.25, 0.3) is 0 Å². The van der Waals surface area contributed by atoms with Crippen LogP contribution < -0.4 is 0 Å². The first-order valence-corrected chi connectivity index (χ1v) is 8.03. The van der Waals surface area contributed by atoms with Crippen molar-refractivity contribution in [1.29, 1.82) is 0 Å². The van der Waals surface area contributed by atoms with E-state index in [1.807, 2.05) is 20.8 Å². The topological polar surface area (TPSA) is 18.5 Å². The van der Waals surface area contributed by atoms with E-state index in [0.29, 0.717) is 0 Å². The van der Waals surface area contributed by atoms with Gasteiger partial charge in [0.2, 0.25) is 0 Å². The van der Waals surface area contributed by atoms with Gasteiger partial charge >= 0.3 is 0 Å². The van der Waals surface area contributed by atoms with Crippen LogP contribution in [0.15, 0.2) is 12.7 Å². The summed E-state index contributed by atoms with van der Waals surface area (Å²) in [6.45, 7) is 16.1. The lowest BCUT2D eigenvalue weighted by atomic mass is 10.2. The molecule has 0 aliphatic rings. The molecule has 0 amide bonds. The molecule has 0 aliphatic heterocycles. The van der Waals surface area contributed by atoms with Crippen LogP contribution in [0.3, 0.4) is 0 Å². The molecule has 0 radical (unpaired) electrons. The van der Waals surface area contributed by atoms with Gasteiger partial charge in [-0.3, -0.25) is 0 Å². The first-order chi connectivity index (χ1) is 5.64. The van der Waals surface area contributed by atoms with Crippen molar-refractivity contribution in [2.24, 2.45) is 0 Å². The fourth-order valence-electron chi connectivity index (χ4n) is 0.817. The van der Waals surface area contributed by atoms with Crippen LogP contribution in [0.25, 0.3) is 0 Å². The SMILES string of the molecule is C=CC(OC(C)(C)C)O[Si](C)(C)C. The van der Waals surface area contributed by atoms with Crippen molar-refractivity contribution in [2.75, 3.05) is 0 Å². The number of rotatable bonds is 4. The van der Waals surface area contributed by atoms with Crippen LogP contribution in [-0.4, -0.2) is 20.2 Å². The van der Waals surface area contributed by atoms with Gasteiger partial charge in [0.05, 0.1) is 5.60 Å². The Bertz CT molecular complexity index is 149. The van der Waals surface area contributed by atoms with Gasteiger partial charge in [0.15, 0.2) is 14.6 Å². The second-order valence-corrected chi connectivity index (χ2v) is 9.52. The predicted octanol–water partition coefficient (Wildman–Crippen LogP) is 3.17. The van der Waals surface area contributed by atoms with Crippen LogP contribution >= 0.6 is 0 Å². The average molecular weight is 202 g/mol. The van der Waals surface area contributed by atoms with Crippen LogP contribution in [0, 0.1) is 0 Å². The first kappa shape index (κ1) is 12.9. The molecule has 3 heteroatoms. The Kier molecular flexibility index (Phi) is 4.36. The lowest BCUT2D eigenvalue weighted by Crippen LogP contribution is -2.36. The zero-order chi connectivity index (χ0) is 10.7. The van der Waals surface area contributed by atoms with Crippen LogP contribution in [0.1, 0.15) is 20.8 Å². The van der Waals surface area contributed by atoms with Crippen molar-refractivity contribution in [3.05, 3.63) is 12.7 Å². The maximum absolute atomic E-state index is 5.76. The third-order valence-corrected chi connectivity index (χ3v) is 2.07. The summed E-state index contributed by atoms with van der Waals surface area (Å²) in [6, 6.07) is 0. The van der Waals surface area contributed by atoms with E-state index in [0.717, 1.165) is 0 Å². The minimum Gasteiger partial charge on any atom is -0.390 e. The minimum atomic E-state index is -1.54. The van der Waals surface area contributed by atoms with Crippen molar-refractivity contribution < 1.29 is 9.16 Å². The van der Waals surface area contributed by atoms with E-state index in [1.165, 1.54) is 0 Å². The Balaban J connectivity index is 4.13. The van der Waals surface area contributed by atoms with Crippen molar-refractivity contribution in [1.82, 2.24) is 0 Å². The molecule has 1 atom stereocenters. The van der Waals surface area contributed by atoms with E-state index in [1.54, 1.807) is 6.08 Å². The second-order valence-electron chi connectivity index (χ2n) is 5.06. The van der Waals surface area contributed by atoms with Crippen molar-refractivity contribution in [2.45, 2.75) is 52.3 Å². The maximum Gasteiger partial charge on any atom is 0.187 e. The van der Waals surface area contributed by atoms with Gasteiger partial charge in [0.1, 0.15) is 0 Å². The molecule has 0 bridgehead atoms. The molecule has 0 rings (SSSR count). The van der Waals surface area contributed by atoms with Crippen molar-refractivity contribution in [3.63, 3.8) is 0 Å². The smallest absolute Gasteiger partial charge is 0.187 e. The van der Waals surface area contributed by atoms with E-state index in [2.05, 4.69) is 26.2 Å². The highest BCUT2D eigenvalue weighted by Gasteiger charge is 2.23. The summed E-state index contributed by atoms with van der Waals surface area (Å²) >= 11 is 0. The third kappa shape index (κ3) is 8.21. The van der Waals surface area contributed by atoms with Gasteiger partial charge in [-0.25, -0.2) is 0 Å². The van der Waals surface area contributed by atoms with Gasteiger partial charge in [-0.1, -0.05) is 6.58 Å². The zero-order valence-corrected chi connectivity index (χ0v) is 10.7. The molecule has 0 N–H and O–H groups in total. The highest BCUT2D eigenvalue weighted by atomic mass is 28.4. The van der Waals surface area contributed by atoms with Gasteiger partial charge in [-0.15, -0.1) is 0 Å². The predicted molar refractivity (Wildman–Crippen MR) is 59.3 cm³/mol. The highest BCUT2D eigenvalue weighted by molar-refractivity contribution is 6.69. The summed E-state index contributed by atoms with van der Waals surface area (Å²) in [5, 5.41) is 0. The molecule has 0 aliphatic carbocycles. The Morgan fingerprint density at radius 3 is 1.92 bits per heavy atom. The van der Waals surface area contributed by atoms with E-state index >= 15 is 0 Å². The minimum absolute atomic E-state index is 0.182. The van der Waals surface area contributed by atoms with E-state index in [4.69, 9.17) is 9.16 Å². The van der Waals surface area contributed by atoms with Gasteiger partial charge in [0, 0.05) is 0 Å². The van der Waals surface area contributed by atoms with Crippen LogP contribution in [0.4, 0.5) is 0 Å². The fourth-order valence-corrected chi connectivity index (χ4v) is 1.66. The molecule has 0 saturated carbocycles. The molecule has 0 saturated heterocycles. The summed E-state index contributed by atoms with van der Waals surface area (Å²) < 4.78 is 11.4. The normalized spacial score (nSPS) is 15.5. The highest BCUT2D eigenvalue weighted by Crippen LogP contribution is 2.16. The van der Waals surface area contributed by atoms with E-state index in [-0.39, 0.29) is 11.9 Å². The van der Waals surface area contributed by atoms with Gasteiger partial charge in [-0.05, 0) is 46.5 Å². The summed E-state index contributed by atoms with van der Waals surface area (Å²) in [5.74, 6) is 0. The standard InChI is InChI=1S/C10H22O2Si/c1-8-9(11-10(2,3)4)12-13(5,6)7/h8-9H,1H2,2-7H3. The molecule has 2 nitrogen and oxygen atoms in total. The average Bonchev–Trinajstić information content (AvgIpc) is 1.79. The lowest BCUT2D eigenvalue weighted by molar-refractivity contribution is -0.127. The molecular formula is C10H22O2Si. The molecule has 78 valence electrons. The largest absolute Gasteiger partial charge is 0.390 e. The first-order valence-electron chi connectivity index (χ1n) is 4.62. The summed E-state index contributed by atoms with van der Waals surface area (Å²) in [7, 11) is -1.54. The summed E-state index contributed by atoms with van der Waals surface area (Å²) in [5.41, 5.74) is -0.182. The van der Waals surface area contributed by atoms with E-state index < -0.39 is 8.32 Å². The Labute approximate surface area is 83.1 Å². The molecule has 1 unspecified atom stereocenters. The Morgan fingerprint density at radius 2 is 1.69 bits per heavy atom. The quantitative estimate of drug-likeness (QED) is 0.396. The number of hydrogen-bond donors (Lipinski definition) is 0. The fraction of sp³-hybridized carbons (Fsp3) is 0.800. The number of hydrogen-bond acceptors (Lipinski definition) is 2. The lowest BCUT2D eigenvalue weighted by Gasteiger charge is -2.30. The molecule has 0 heterocycles. The number of ether oxygens (including phenoxy) is 1. The molecule has 0 aromatic carbocycles. The molecule has 13 heavy (non-hydrogen) atoms. The van der Waals surface area contributed by atoms with Crippen LogP contribution in [0.2, 0.25) is 19.6 Å². The maximum atomic E-state index is 5.76. The molecule has 0 aromatic heterocycles. The molecule has 0 fully saturated rings. The van der Waals surface area contributed by atoms with E-state index in [9.17, 15) is 0 Å². The van der Waals surface area contributed by atoms with Crippen LogP contribution in [-0.2, 0) is 9.16 Å². The third-order valence-electron chi connectivity index (χ3n) is 1.13. The zero-order valence-electron chi connectivity index (χ0n) is 9.68. The van der Waals surface area contributed by atoms with Crippen molar-refractivity contribution in [3.8, 4) is 0 Å². The van der Waals surface area contributed by atoms with Crippen molar-refractivity contribution >= 4 is 8.32 Å². The van der Waals surface area contributed by atoms with Gasteiger partial charge in [-0.2, -0.15) is 0 Å². The molecule has 0 aromatic rings. The Morgan fingerprint density at radius 1 is 1.23 bits per heavy atom. The molecular weight excluding hydrogens is 180 g/mol. The summed E-state index contributed by atoms with van der Waals surface area (Å²) in [4.78, 5) is 0.